The Morgan fingerprint density at radius 2 is 1.78 bits per heavy atom. The standard InChI is InChI=1S/C26H24N4O2/c31-25-14-22(17-30(25)24-11-5-9-19-6-3-4-10-23(19)24)26(32)28-15-20-7-1-2-8-21(20)16-29-13-12-27-18-29/h1-13,18,22H,14-17H2,(H,28,32)/t22-/m0/s1. The van der Waals surface area contributed by atoms with E-state index in [9.17, 15) is 9.59 Å². The van der Waals surface area contributed by atoms with Gasteiger partial charge in [-0.25, -0.2) is 4.98 Å². The van der Waals surface area contributed by atoms with Gasteiger partial charge in [0.15, 0.2) is 0 Å². The van der Waals surface area contributed by atoms with Crippen molar-refractivity contribution in [2.24, 2.45) is 5.92 Å². The number of aromatic nitrogens is 2. The predicted molar refractivity (Wildman–Crippen MR) is 124 cm³/mol. The summed E-state index contributed by atoms with van der Waals surface area (Å²) in [5.74, 6) is -0.456. The molecule has 1 atom stereocenters. The van der Waals surface area contributed by atoms with E-state index < -0.39 is 0 Å². The zero-order valence-corrected chi connectivity index (χ0v) is 17.6. The molecule has 2 heterocycles. The summed E-state index contributed by atoms with van der Waals surface area (Å²) >= 11 is 0. The van der Waals surface area contributed by atoms with Crippen LogP contribution in [-0.4, -0.2) is 27.9 Å². The lowest BCUT2D eigenvalue weighted by Crippen LogP contribution is -2.33. The molecule has 4 aromatic rings. The van der Waals surface area contributed by atoms with Crippen LogP contribution >= 0.6 is 0 Å². The van der Waals surface area contributed by atoms with Crippen molar-refractivity contribution in [3.05, 3.63) is 96.6 Å². The molecule has 0 bridgehead atoms. The maximum absolute atomic E-state index is 12.9. The van der Waals surface area contributed by atoms with Crippen LogP contribution in [0.4, 0.5) is 5.69 Å². The zero-order chi connectivity index (χ0) is 21.9. The van der Waals surface area contributed by atoms with Crippen molar-refractivity contribution in [3.63, 3.8) is 0 Å². The number of carbonyl (C=O) groups excluding carboxylic acids is 2. The fourth-order valence-corrected chi connectivity index (χ4v) is 4.35. The number of anilines is 1. The van der Waals surface area contributed by atoms with Gasteiger partial charge < -0.3 is 14.8 Å². The Morgan fingerprint density at radius 1 is 1.00 bits per heavy atom. The van der Waals surface area contributed by atoms with Gasteiger partial charge in [-0.05, 0) is 22.6 Å². The fraction of sp³-hybridized carbons (Fsp3) is 0.192. The number of carbonyl (C=O) groups is 2. The third-order valence-corrected chi connectivity index (χ3v) is 6.04. The van der Waals surface area contributed by atoms with E-state index in [2.05, 4.69) is 16.4 Å². The molecule has 1 aromatic heterocycles. The average molecular weight is 425 g/mol. The second-order valence-corrected chi connectivity index (χ2v) is 8.13. The van der Waals surface area contributed by atoms with Crippen molar-refractivity contribution in [2.45, 2.75) is 19.5 Å². The lowest BCUT2D eigenvalue weighted by molar-refractivity contribution is -0.126. The molecular weight excluding hydrogens is 400 g/mol. The van der Waals surface area contributed by atoms with E-state index in [0.29, 0.717) is 19.6 Å². The zero-order valence-electron chi connectivity index (χ0n) is 17.6. The molecule has 1 N–H and O–H groups in total. The summed E-state index contributed by atoms with van der Waals surface area (Å²) in [6, 6.07) is 22.0. The smallest absolute Gasteiger partial charge is 0.227 e. The predicted octanol–water partition coefficient (Wildman–Crippen LogP) is 3.75. The summed E-state index contributed by atoms with van der Waals surface area (Å²) in [6.45, 7) is 1.53. The van der Waals surface area contributed by atoms with Crippen LogP contribution in [0.1, 0.15) is 17.5 Å². The van der Waals surface area contributed by atoms with Gasteiger partial charge in [-0.2, -0.15) is 0 Å². The first-order valence-corrected chi connectivity index (χ1v) is 10.8. The van der Waals surface area contributed by atoms with Crippen LogP contribution in [0.3, 0.4) is 0 Å². The van der Waals surface area contributed by atoms with Crippen molar-refractivity contribution in [1.82, 2.24) is 14.9 Å². The molecule has 1 fully saturated rings. The summed E-state index contributed by atoms with van der Waals surface area (Å²) in [5, 5.41) is 5.16. The van der Waals surface area contributed by atoms with E-state index in [1.54, 1.807) is 17.4 Å². The SMILES string of the molecule is O=C(NCc1ccccc1Cn1ccnc1)[C@H]1CC(=O)N(c2cccc3ccccc23)C1. The Kier molecular flexibility index (Phi) is 5.42. The third-order valence-electron chi connectivity index (χ3n) is 6.04. The Bertz CT molecular complexity index is 1260. The largest absolute Gasteiger partial charge is 0.352 e. The van der Waals surface area contributed by atoms with Crippen LogP contribution in [0.25, 0.3) is 10.8 Å². The molecule has 0 aliphatic carbocycles. The molecular formula is C26H24N4O2. The van der Waals surface area contributed by atoms with Crippen molar-refractivity contribution >= 4 is 28.3 Å². The molecule has 32 heavy (non-hydrogen) atoms. The Balaban J connectivity index is 1.27. The number of hydrogen-bond acceptors (Lipinski definition) is 3. The molecule has 0 unspecified atom stereocenters. The fourth-order valence-electron chi connectivity index (χ4n) is 4.35. The minimum atomic E-state index is -0.359. The highest BCUT2D eigenvalue weighted by atomic mass is 16.2. The molecule has 0 radical (unpaired) electrons. The molecule has 5 rings (SSSR count). The van der Waals surface area contributed by atoms with Crippen molar-refractivity contribution in [1.29, 1.82) is 0 Å². The summed E-state index contributed by atoms with van der Waals surface area (Å²) in [7, 11) is 0. The Morgan fingerprint density at radius 3 is 2.62 bits per heavy atom. The number of imidazole rings is 1. The van der Waals surface area contributed by atoms with Crippen molar-refractivity contribution < 1.29 is 9.59 Å². The Labute approximate surface area is 186 Å². The summed E-state index contributed by atoms with van der Waals surface area (Å²) in [6.07, 6.45) is 5.68. The number of hydrogen-bond donors (Lipinski definition) is 1. The molecule has 0 saturated carbocycles. The monoisotopic (exact) mass is 424 g/mol. The Hall–Kier alpha value is -3.93. The molecule has 0 spiro atoms. The van der Waals surface area contributed by atoms with Gasteiger partial charge in [-0.1, -0.05) is 60.7 Å². The quantitative estimate of drug-likeness (QED) is 0.513. The summed E-state index contributed by atoms with van der Waals surface area (Å²) in [5.41, 5.74) is 3.06. The first kappa shape index (κ1) is 20.0. The van der Waals surface area contributed by atoms with Crippen LogP contribution < -0.4 is 10.2 Å². The number of fused-ring (bicyclic) bond motifs is 1. The maximum atomic E-state index is 12.9. The molecule has 6 nitrogen and oxygen atoms in total. The van der Waals surface area contributed by atoms with Crippen molar-refractivity contribution in [3.8, 4) is 0 Å². The molecule has 6 heteroatoms. The van der Waals surface area contributed by atoms with E-state index >= 15 is 0 Å². The van der Waals surface area contributed by atoms with Crippen LogP contribution in [0.2, 0.25) is 0 Å². The second-order valence-electron chi connectivity index (χ2n) is 8.13. The summed E-state index contributed by atoms with van der Waals surface area (Å²) < 4.78 is 2.00. The van der Waals surface area contributed by atoms with Gasteiger partial charge >= 0.3 is 0 Å². The number of nitrogens with zero attached hydrogens (tertiary/aromatic N) is 3. The summed E-state index contributed by atoms with van der Waals surface area (Å²) in [4.78, 5) is 31.5. The molecule has 1 aliphatic heterocycles. The van der Waals surface area contributed by atoms with E-state index in [1.165, 1.54) is 0 Å². The van der Waals surface area contributed by atoms with Gasteiger partial charge in [-0.3, -0.25) is 9.59 Å². The first-order valence-electron chi connectivity index (χ1n) is 10.8. The highest BCUT2D eigenvalue weighted by Crippen LogP contribution is 2.31. The second kappa shape index (κ2) is 8.67. The first-order chi connectivity index (χ1) is 15.7. The van der Waals surface area contributed by atoms with Crippen LogP contribution in [0, 0.1) is 5.92 Å². The molecule has 160 valence electrons. The number of nitrogens with one attached hydrogen (secondary N) is 1. The molecule has 1 aliphatic rings. The van der Waals surface area contributed by atoms with E-state index in [4.69, 9.17) is 0 Å². The number of rotatable bonds is 6. The highest BCUT2D eigenvalue weighted by Gasteiger charge is 2.35. The molecule has 1 saturated heterocycles. The number of amides is 2. The van der Waals surface area contributed by atoms with Gasteiger partial charge in [0.1, 0.15) is 0 Å². The lowest BCUT2D eigenvalue weighted by Gasteiger charge is -2.19. The topological polar surface area (TPSA) is 67.2 Å². The van der Waals surface area contributed by atoms with Gasteiger partial charge in [0.25, 0.3) is 0 Å². The normalized spacial score (nSPS) is 15.9. The molecule has 3 aromatic carbocycles. The number of benzene rings is 3. The van der Waals surface area contributed by atoms with Gasteiger partial charge in [0, 0.05) is 43.8 Å². The van der Waals surface area contributed by atoms with Crippen LogP contribution in [0.15, 0.2) is 85.5 Å². The lowest BCUT2D eigenvalue weighted by atomic mass is 10.1. The minimum Gasteiger partial charge on any atom is -0.352 e. The minimum absolute atomic E-state index is 0.0120. The average Bonchev–Trinajstić information content (AvgIpc) is 3.47. The van der Waals surface area contributed by atoms with E-state index in [0.717, 1.165) is 27.6 Å². The van der Waals surface area contributed by atoms with Gasteiger partial charge in [0.05, 0.1) is 17.9 Å². The van der Waals surface area contributed by atoms with Crippen LogP contribution in [0.5, 0.6) is 0 Å². The van der Waals surface area contributed by atoms with Gasteiger partial charge in [-0.15, -0.1) is 0 Å². The van der Waals surface area contributed by atoms with E-state index in [1.807, 2.05) is 71.4 Å². The highest BCUT2D eigenvalue weighted by molar-refractivity contribution is 6.06. The maximum Gasteiger partial charge on any atom is 0.227 e. The third kappa shape index (κ3) is 3.99. The van der Waals surface area contributed by atoms with E-state index in [-0.39, 0.29) is 24.2 Å². The van der Waals surface area contributed by atoms with Crippen molar-refractivity contribution in [2.75, 3.05) is 11.4 Å². The van der Waals surface area contributed by atoms with Gasteiger partial charge in [0.2, 0.25) is 11.8 Å². The van der Waals surface area contributed by atoms with Crippen LogP contribution in [-0.2, 0) is 22.7 Å². The molecule has 2 amide bonds.